The maximum Gasteiger partial charge on any atom is 0.219 e. The molecule has 2 aromatic rings. The summed E-state index contributed by atoms with van der Waals surface area (Å²) in [5.41, 5.74) is 0. The number of ether oxygens (including phenoxy) is 2. The second-order valence-electron chi connectivity index (χ2n) is 2.76. The first kappa shape index (κ1) is 12.7. The number of para-hydroxylation sites is 1. The van der Waals surface area contributed by atoms with Gasteiger partial charge in [-0.1, -0.05) is 6.07 Å². The van der Waals surface area contributed by atoms with Crippen molar-refractivity contribution in [2.45, 2.75) is 0 Å². The standard InChI is InChI=1S/C12H8NO2.Ir/c1-14-11-8-5-9-12(13-11)15-10-6-3-2-4-7-10;/h1-6,8-9H;/q-1;. The van der Waals surface area contributed by atoms with E-state index in [1.807, 2.05) is 12.1 Å². The fraction of sp³-hybridized carbons (Fsp3) is 0. The molecule has 0 fully saturated rings. The average Bonchev–Trinajstić information content (AvgIpc) is 2.31. The largest absolute Gasteiger partial charge is 0.466 e. The van der Waals surface area contributed by atoms with E-state index >= 15 is 0 Å². The molecule has 0 aliphatic rings. The molecular formula is C12H8IrNO2-. The molecule has 0 saturated carbocycles. The minimum Gasteiger partial charge on any atom is -0.466 e. The van der Waals surface area contributed by atoms with E-state index in [0.29, 0.717) is 17.5 Å². The Labute approximate surface area is 108 Å². The van der Waals surface area contributed by atoms with Crippen molar-refractivity contribution in [2.75, 3.05) is 0 Å². The number of hydrogen-bond acceptors (Lipinski definition) is 3. The van der Waals surface area contributed by atoms with Crippen LogP contribution in [-0.4, -0.2) is 4.98 Å². The molecule has 0 unspecified atom stereocenters. The average molecular weight is 390 g/mol. The summed E-state index contributed by atoms with van der Waals surface area (Å²) in [6.45, 7) is 0. The fourth-order valence-corrected chi connectivity index (χ4v) is 1.07. The molecule has 0 bridgehead atoms. The Bertz CT molecular complexity index is 434. The second-order valence-corrected chi connectivity index (χ2v) is 2.76. The molecular weight excluding hydrogens is 382 g/mol. The van der Waals surface area contributed by atoms with Crippen molar-refractivity contribution in [2.24, 2.45) is 0 Å². The van der Waals surface area contributed by atoms with Gasteiger partial charge in [0.2, 0.25) is 11.8 Å². The Morgan fingerprint density at radius 1 is 1.06 bits per heavy atom. The Morgan fingerprint density at radius 2 is 1.88 bits per heavy atom. The van der Waals surface area contributed by atoms with Gasteiger partial charge in [0.1, 0.15) is 0 Å². The van der Waals surface area contributed by atoms with Crippen molar-refractivity contribution < 1.29 is 29.6 Å². The third kappa shape index (κ3) is 3.33. The molecule has 1 heterocycles. The molecule has 83 valence electrons. The molecule has 16 heavy (non-hydrogen) atoms. The van der Waals surface area contributed by atoms with E-state index in [4.69, 9.17) is 11.8 Å². The summed E-state index contributed by atoms with van der Waals surface area (Å²) >= 11 is 0. The van der Waals surface area contributed by atoms with Crippen molar-refractivity contribution in [1.29, 1.82) is 0 Å². The van der Waals surface area contributed by atoms with E-state index < -0.39 is 0 Å². The van der Waals surface area contributed by atoms with Crippen LogP contribution in [-0.2, 0) is 20.1 Å². The Balaban J connectivity index is 0.00000128. The fourth-order valence-electron chi connectivity index (χ4n) is 1.07. The smallest absolute Gasteiger partial charge is 0.219 e. The monoisotopic (exact) mass is 391 g/mol. The van der Waals surface area contributed by atoms with Gasteiger partial charge in [0.05, 0.1) is 0 Å². The zero-order valence-electron chi connectivity index (χ0n) is 8.22. The molecule has 1 aromatic heterocycles. The topological polar surface area (TPSA) is 31.4 Å². The quantitative estimate of drug-likeness (QED) is 0.756. The van der Waals surface area contributed by atoms with Gasteiger partial charge in [0, 0.05) is 38.0 Å². The SMILES string of the molecule is [CH]Oc1cccc(Oc2[c-]cccc2)n1.[Ir]. The predicted molar refractivity (Wildman–Crippen MR) is 54.5 cm³/mol. The van der Waals surface area contributed by atoms with Crippen LogP contribution in [0, 0.1) is 13.2 Å². The minimum atomic E-state index is 0. The van der Waals surface area contributed by atoms with Gasteiger partial charge >= 0.3 is 0 Å². The summed E-state index contributed by atoms with van der Waals surface area (Å²) < 4.78 is 9.91. The Morgan fingerprint density at radius 3 is 2.56 bits per heavy atom. The van der Waals surface area contributed by atoms with Gasteiger partial charge < -0.3 is 9.47 Å². The van der Waals surface area contributed by atoms with E-state index in [9.17, 15) is 0 Å². The van der Waals surface area contributed by atoms with Crippen LogP contribution < -0.4 is 9.47 Å². The van der Waals surface area contributed by atoms with Crippen LogP contribution in [0.5, 0.6) is 17.5 Å². The van der Waals surface area contributed by atoms with Crippen molar-refractivity contribution >= 4 is 0 Å². The third-order valence-corrected chi connectivity index (χ3v) is 1.71. The number of benzene rings is 1. The van der Waals surface area contributed by atoms with Gasteiger partial charge in [0.25, 0.3) is 0 Å². The van der Waals surface area contributed by atoms with E-state index in [2.05, 4.69) is 15.8 Å². The van der Waals surface area contributed by atoms with Crippen LogP contribution in [0.3, 0.4) is 0 Å². The van der Waals surface area contributed by atoms with Crippen molar-refractivity contribution in [1.82, 2.24) is 4.98 Å². The van der Waals surface area contributed by atoms with Gasteiger partial charge in [-0.15, -0.1) is 12.1 Å². The zero-order chi connectivity index (χ0) is 10.5. The van der Waals surface area contributed by atoms with E-state index in [1.165, 1.54) is 0 Å². The number of hydrogen-bond donors (Lipinski definition) is 0. The molecule has 3 nitrogen and oxygen atoms in total. The van der Waals surface area contributed by atoms with Crippen LogP contribution in [0.4, 0.5) is 0 Å². The first-order valence-electron chi connectivity index (χ1n) is 4.37. The number of nitrogens with zero attached hydrogens (tertiary/aromatic N) is 1. The summed E-state index contributed by atoms with van der Waals surface area (Å²) in [6, 6.07) is 15.3. The first-order chi connectivity index (χ1) is 7.38. The van der Waals surface area contributed by atoms with Gasteiger partial charge in [0.15, 0.2) is 7.11 Å². The van der Waals surface area contributed by atoms with Gasteiger partial charge in [-0.2, -0.15) is 23.2 Å². The first-order valence-corrected chi connectivity index (χ1v) is 4.37. The van der Waals surface area contributed by atoms with Crippen LogP contribution in [0.2, 0.25) is 0 Å². The Kier molecular flexibility index (Phi) is 4.96. The van der Waals surface area contributed by atoms with Gasteiger partial charge in [-0.05, 0) is 0 Å². The predicted octanol–water partition coefficient (Wildman–Crippen LogP) is 2.72. The van der Waals surface area contributed by atoms with Crippen LogP contribution in [0.1, 0.15) is 0 Å². The van der Waals surface area contributed by atoms with Crippen LogP contribution >= 0.6 is 0 Å². The summed E-state index contributed by atoms with van der Waals surface area (Å²) in [5.74, 6) is 1.32. The molecule has 0 aliphatic carbocycles. The maximum atomic E-state index is 5.42. The van der Waals surface area contributed by atoms with E-state index in [-0.39, 0.29) is 20.1 Å². The number of aromatic nitrogens is 1. The van der Waals surface area contributed by atoms with Crippen molar-refractivity contribution in [3.63, 3.8) is 0 Å². The molecule has 1 aromatic carbocycles. The molecule has 0 saturated heterocycles. The van der Waals surface area contributed by atoms with Crippen LogP contribution in [0.15, 0.2) is 42.5 Å². The number of rotatable bonds is 3. The van der Waals surface area contributed by atoms with Crippen molar-refractivity contribution in [3.05, 3.63) is 55.6 Å². The second kappa shape index (κ2) is 6.26. The summed E-state index contributed by atoms with van der Waals surface area (Å²) in [5, 5.41) is 0. The summed E-state index contributed by atoms with van der Waals surface area (Å²) in [4.78, 5) is 4.00. The minimum absolute atomic E-state index is 0. The van der Waals surface area contributed by atoms with E-state index in [0.717, 1.165) is 0 Å². The molecule has 0 amide bonds. The Hall–Kier alpha value is -1.38. The molecule has 0 atom stereocenters. The van der Waals surface area contributed by atoms with E-state index in [1.54, 1.807) is 30.3 Å². The summed E-state index contributed by atoms with van der Waals surface area (Å²) in [7, 11) is 4.99. The zero-order valence-corrected chi connectivity index (χ0v) is 10.6. The molecule has 3 radical (unpaired) electrons. The van der Waals surface area contributed by atoms with Crippen molar-refractivity contribution in [3.8, 4) is 17.5 Å². The van der Waals surface area contributed by atoms with Crippen LogP contribution in [0.25, 0.3) is 0 Å². The third-order valence-electron chi connectivity index (χ3n) is 1.71. The molecule has 2 rings (SSSR count). The molecule has 0 aliphatic heterocycles. The summed E-state index contributed by atoms with van der Waals surface area (Å²) in [6.07, 6.45) is 0. The maximum absolute atomic E-state index is 5.42. The molecule has 4 heteroatoms. The normalized spacial score (nSPS) is 9.06. The molecule has 0 spiro atoms. The van der Waals surface area contributed by atoms with Gasteiger partial charge in [-0.3, -0.25) is 0 Å². The number of pyridine rings is 1. The molecule has 0 N–H and O–H groups in total. The van der Waals surface area contributed by atoms with Gasteiger partial charge in [-0.25, -0.2) is 0 Å².